The number of nitrogen functional groups attached to an aromatic ring is 1. The lowest BCUT2D eigenvalue weighted by molar-refractivity contribution is 0.0698. The molecule has 2 aromatic carbocycles. The van der Waals surface area contributed by atoms with Crippen LogP contribution in [-0.2, 0) is 0 Å². The number of anilines is 3. The summed E-state index contributed by atoms with van der Waals surface area (Å²) in [6.45, 7) is 0. The van der Waals surface area contributed by atoms with Crippen LogP contribution in [0.5, 0.6) is 0 Å². The highest BCUT2D eigenvalue weighted by molar-refractivity contribution is 7.22. The van der Waals surface area contributed by atoms with Crippen molar-refractivity contribution in [2.75, 3.05) is 11.1 Å². The van der Waals surface area contributed by atoms with Crippen LogP contribution in [0.1, 0.15) is 10.4 Å². The van der Waals surface area contributed by atoms with Crippen molar-refractivity contribution in [2.24, 2.45) is 0 Å². The van der Waals surface area contributed by atoms with Gasteiger partial charge in [-0.05, 0) is 24.3 Å². The largest absolute Gasteiger partial charge is 0.478 e. The molecule has 0 unspecified atom stereocenters. The molecule has 0 saturated carbocycles. The Morgan fingerprint density at radius 3 is 2.75 bits per heavy atom. The molecule has 3 aromatic rings. The van der Waals surface area contributed by atoms with Crippen molar-refractivity contribution in [3.8, 4) is 0 Å². The highest BCUT2D eigenvalue weighted by Crippen LogP contribution is 2.32. The van der Waals surface area contributed by atoms with Crippen molar-refractivity contribution in [1.82, 2.24) is 4.98 Å². The second-order valence-corrected chi connectivity index (χ2v) is 5.22. The fraction of sp³-hybridized carbons (Fsp3) is 0. The topological polar surface area (TPSA) is 88.2 Å². The van der Waals surface area contributed by atoms with Crippen LogP contribution in [0.4, 0.5) is 16.5 Å². The first-order chi connectivity index (χ1) is 9.65. The van der Waals surface area contributed by atoms with Crippen molar-refractivity contribution in [3.05, 3.63) is 48.0 Å². The summed E-state index contributed by atoms with van der Waals surface area (Å²) in [5.74, 6) is -1.03. The number of hydrogen-bond acceptors (Lipinski definition) is 5. The highest BCUT2D eigenvalue weighted by Gasteiger charge is 2.14. The van der Waals surface area contributed by atoms with Crippen LogP contribution in [0, 0.1) is 0 Å². The number of nitrogens with one attached hydrogen (secondary N) is 1. The van der Waals surface area contributed by atoms with Gasteiger partial charge in [0.1, 0.15) is 0 Å². The molecule has 1 heterocycles. The van der Waals surface area contributed by atoms with Gasteiger partial charge in [-0.25, -0.2) is 9.78 Å². The molecule has 0 aliphatic carbocycles. The number of carboxylic acid groups (broad SMARTS) is 1. The van der Waals surface area contributed by atoms with Gasteiger partial charge in [-0.2, -0.15) is 0 Å². The molecule has 0 saturated heterocycles. The Kier molecular flexibility index (Phi) is 3.00. The number of aromatic carboxylic acids is 1. The molecule has 0 amide bonds. The first-order valence-corrected chi connectivity index (χ1v) is 6.71. The Bertz CT molecular complexity index is 765. The number of nitrogens with two attached hydrogens (primary N) is 1. The number of rotatable bonds is 3. The van der Waals surface area contributed by atoms with Gasteiger partial charge in [0, 0.05) is 0 Å². The number of nitrogens with zero attached hydrogens (tertiary/aromatic N) is 1. The lowest BCUT2D eigenvalue weighted by Crippen LogP contribution is -2.05. The molecule has 20 heavy (non-hydrogen) atoms. The van der Waals surface area contributed by atoms with E-state index in [-0.39, 0.29) is 5.56 Å². The van der Waals surface area contributed by atoms with Crippen molar-refractivity contribution >= 4 is 44.0 Å². The van der Waals surface area contributed by atoms with Crippen LogP contribution in [0.25, 0.3) is 10.2 Å². The minimum atomic E-state index is -1.03. The summed E-state index contributed by atoms with van der Waals surface area (Å²) in [7, 11) is 0. The van der Waals surface area contributed by atoms with Gasteiger partial charge in [0.05, 0.1) is 27.2 Å². The molecule has 0 aliphatic rings. The summed E-state index contributed by atoms with van der Waals surface area (Å²) < 4.78 is 1.03. The van der Waals surface area contributed by atoms with Crippen LogP contribution in [0.15, 0.2) is 42.5 Å². The van der Waals surface area contributed by atoms with Crippen molar-refractivity contribution in [2.45, 2.75) is 0 Å². The maximum Gasteiger partial charge on any atom is 0.337 e. The lowest BCUT2D eigenvalue weighted by Gasteiger charge is -2.09. The third-order valence-electron chi connectivity index (χ3n) is 2.85. The van der Waals surface area contributed by atoms with Crippen LogP contribution >= 0.6 is 11.3 Å². The first kappa shape index (κ1) is 12.4. The van der Waals surface area contributed by atoms with Gasteiger partial charge in [-0.15, -0.1) is 0 Å². The number of fused-ring (bicyclic) bond motifs is 1. The molecule has 0 atom stereocenters. The summed E-state index contributed by atoms with van der Waals surface area (Å²) in [5, 5.41) is 12.8. The summed E-state index contributed by atoms with van der Waals surface area (Å²) >= 11 is 1.45. The van der Waals surface area contributed by atoms with Crippen LogP contribution in [-0.4, -0.2) is 16.1 Å². The number of benzene rings is 2. The van der Waals surface area contributed by atoms with E-state index >= 15 is 0 Å². The Morgan fingerprint density at radius 1 is 1.20 bits per heavy atom. The maximum atomic E-state index is 11.2. The van der Waals surface area contributed by atoms with Gasteiger partial charge in [0.25, 0.3) is 0 Å². The van der Waals surface area contributed by atoms with E-state index < -0.39 is 5.97 Å². The third-order valence-corrected chi connectivity index (χ3v) is 3.80. The number of hydrogen-bond donors (Lipinski definition) is 3. The standard InChI is InChI=1S/C14H11N3O2S/c15-9-5-3-4-8(13(18)19)12(9)17-14-16-10-6-1-2-7-11(10)20-14/h1-7H,15H2,(H,16,17)(H,18,19). The van der Waals surface area contributed by atoms with E-state index in [9.17, 15) is 9.90 Å². The van der Waals surface area contributed by atoms with E-state index in [2.05, 4.69) is 10.3 Å². The Hall–Kier alpha value is -2.60. The second kappa shape index (κ2) is 4.82. The summed E-state index contributed by atoms with van der Waals surface area (Å²) in [4.78, 5) is 15.6. The predicted octanol–water partition coefficient (Wildman–Crippen LogP) is 3.32. The molecule has 0 spiro atoms. The number of carbonyl (C=O) groups is 1. The average molecular weight is 285 g/mol. The number of carboxylic acids is 1. The van der Waals surface area contributed by atoms with Gasteiger partial charge in [-0.3, -0.25) is 0 Å². The van der Waals surface area contributed by atoms with E-state index in [4.69, 9.17) is 5.73 Å². The van der Waals surface area contributed by atoms with Crippen LogP contribution in [0.2, 0.25) is 0 Å². The molecule has 0 radical (unpaired) electrons. The van der Waals surface area contributed by atoms with E-state index in [1.807, 2.05) is 24.3 Å². The Morgan fingerprint density at radius 2 is 2.00 bits per heavy atom. The predicted molar refractivity (Wildman–Crippen MR) is 80.7 cm³/mol. The maximum absolute atomic E-state index is 11.2. The first-order valence-electron chi connectivity index (χ1n) is 5.89. The van der Waals surface area contributed by atoms with E-state index in [0.29, 0.717) is 16.5 Å². The normalized spacial score (nSPS) is 10.6. The summed E-state index contributed by atoms with van der Waals surface area (Å²) in [6, 6.07) is 12.5. The monoisotopic (exact) mass is 285 g/mol. The zero-order valence-electron chi connectivity index (χ0n) is 10.3. The van der Waals surface area contributed by atoms with Gasteiger partial charge in [0.2, 0.25) is 0 Å². The summed E-state index contributed by atoms with van der Waals surface area (Å²) in [6.07, 6.45) is 0. The fourth-order valence-corrected chi connectivity index (χ4v) is 2.79. The number of thiazole rings is 1. The molecule has 3 rings (SSSR count). The molecular formula is C14H11N3O2S. The summed E-state index contributed by atoms with van der Waals surface area (Å²) in [5.41, 5.74) is 7.60. The van der Waals surface area contributed by atoms with Crippen LogP contribution in [0.3, 0.4) is 0 Å². The SMILES string of the molecule is Nc1cccc(C(=O)O)c1Nc1nc2ccccc2s1. The molecule has 0 fully saturated rings. The van der Waals surface area contributed by atoms with Gasteiger partial charge in [-0.1, -0.05) is 29.5 Å². The Labute approximate surface area is 118 Å². The van der Waals surface area contributed by atoms with E-state index in [1.165, 1.54) is 17.4 Å². The third kappa shape index (κ3) is 2.17. The van der Waals surface area contributed by atoms with E-state index in [0.717, 1.165) is 10.2 Å². The Balaban J connectivity index is 2.04. The average Bonchev–Trinajstić information content (AvgIpc) is 2.83. The number of aromatic nitrogens is 1. The smallest absolute Gasteiger partial charge is 0.337 e. The van der Waals surface area contributed by atoms with Gasteiger partial charge < -0.3 is 16.2 Å². The van der Waals surface area contributed by atoms with Gasteiger partial charge in [0.15, 0.2) is 5.13 Å². The molecule has 100 valence electrons. The van der Waals surface area contributed by atoms with Crippen LogP contribution < -0.4 is 11.1 Å². The second-order valence-electron chi connectivity index (χ2n) is 4.19. The molecule has 0 aliphatic heterocycles. The molecular weight excluding hydrogens is 274 g/mol. The van der Waals surface area contributed by atoms with E-state index in [1.54, 1.807) is 12.1 Å². The number of para-hydroxylation sites is 2. The highest BCUT2D eigenvalue weighted by atomic mass is 32.1. The minimum absolute atomic E-state index is 0.129. The van der Waals surface area contributed by atoms with Crippen molar-refractivity contribution in [1.29, 1.82) is 0 Å². The molecule has 5 nitrogen and oxygen atoms in total. The minimum Gasteiger partial charge on any atom is -0.478 e. The molecule has 0 bridgehead atoms. The lowest BCUT2D eigenvalue weighted by atomic mass is 10.1. The zero-order valence-corrected chi connectivity index (χ0v) is 11.1. The van der Waals surface area contributed by atoms with Crippen molar-refractivity contribution in [3.63, 3.8) is 0 Å². The zero-order chi connectivity index (χ0) is 14.1. The fourth-order valence-electron chi connectivity index (χ4n) is 1.92. The molecule has 6 heteroatoms. The molecule has 4 N–H and O–H groups in total. The van der Waals surface area contributed by atoms with Crippen molar-refractivity contribution < 1.29 is 9.90 Å². The van der Waals surface area contributed by atoms with Gasteiger partial charge >= 0.3 is 5.97 Å². The molecule has 1 aromatic heterocycles. The quantitative estimate of drug-likeness (QED) is 0.642.